The molecule has 0 radical (unpaired) electrons. The number of carbonyl (C=O) groups excluding carboxylic acids is 1. The van der Waals surface area contributed by atoms with Crippen LogP contribution >= 0.6 is 0 Å². The summed E-state index contributed by atoms with van der Waals surface area (Å²) in [4.78, 5) is 26.7. The number of nitrogens with zero attached hydrogens (tertiary/aromatic N) is 6. The Bertz CT molecular complexity index is 1160. The molecule has 1 fully saturated rings. The van der Waals surface area contributed by atoms with Crippen LogP contribution in [-0.4, -0.2) is 88.9 Å². The van der Waals surface area contributed by atoms with E-state index >= 15 is 0 Å². The first-order valence-corrected chi connectivity index (χ1v) is 12.5. The van der Waals surface area contributed by atoms with Gasteiger partial charge in [0.25, 0.3) is 0 Å². The van der Waals surface area contributed by atoms with Crippen LogP contribution in [0.15, 0.2) is 28.7 Å². The molecule has 1 saturated heterocycles. The predicted octanol–water partition coefficient (Wildman–Crippen LogP) is 3.08. The Kier molecular flexibility index (Phi) is 8.50. The second-order valence-electron chi connectivity index (χ2n) is 9.71. The molecule has 1 N–H and O–H groups in total. The number of anilines is 1. The lowest BCUT2D eigenvalue weighted by Gasteiger charge is -2.33. The van der Waals surface area contributed by atoms with Crippen LogP contribution in [0.3, 0.4) is 0 Å². The van der Waals surface area contributed by atoms with Crippen LogP contribution < -0.4 is 5.32 Å². The van der Waals surface area contributed by atoms with Gasteiger partial charge in [-0.05, 0) is 77.9 Å². The number of methoxy groups -OCH3 is 1. The Morgan fingerprint density at radius 2 is 1.97 bits per heavy atom. The molecule has 0 unspecified atom stereocenters. The molecule has 0 atom stereocenters. The van der Waals surface area contributed by atoms with Crippen LogP contribution in [0.4, 0.5) is 5.82 Å². The number of rotatable bonds is 10. The third-order valence-electron chi connectivity index (χ3n) is 6.49. The third-order valence-corrected chi connectivity index (χ3v) is 6.49. The molecule has 10 nitrogen and oxygen atoms in total. The van der Waals surface area contributed by atoms with Crippen molar-refractivity contribution < 1.29 is 13.9 Å². The molecule has 0 spiro atoms. The van der Waals surface area contributed by atoms with Crippen molar-refractivity contribution in [3.63, 3.8) is 0 Å². The molecule has 1 amide bonds. The van der Waals surface area contributed by atoms with Gasteiger partial charge in [0, 0.05) is 32.0 Å². The van der Waals surface area contributed by atoms with Crippen LogP contribution in [0.5, 0.6) is 0 Å². The Hall–Kier alpha value is -3.08. The summed E-state index contributed by atoms with van der Waals surface area (Å²) in [5.74, 6) is 3.28. The Balaban J connectivity index is 1.41. The molecule has 0 saturated carbocycles. The lowest BCUT2D eigenvalue weighted by molar-refractivity contribution is -0.117. The second kappa shape index (κ2) is 11.8. The zero-order valence-corrected chi connectivity index (χ0v) is 22.0. The standard InChI is InChI=1S/C26H37N7O3/c1-18-14-19(2)33(30-18)24-15-23(28-26(29-24)22-7-6-20(3)36-22)27-25(34)17-32-10-8-21(9-11-32)16-31(4)12-13-35-5/h6-7,14-15,21H,8-13,16-17H2,1-5H3,(H,27,28,29,34). The van der Waals surface area contributed by atoms with Gasteiger partial charge in [0.2, 0.25) is 5.91 Å². The van der Waals surface area contributed by atoms with Crippen molar-refractivity contribution in [3.8, 4) is 17.4 Å². The van der Waals surface area contributed by atoms with E-state index in [0.29, 0.717) is 35.7 Å². The van der Waals surface area contributed by atoms with E-state index in [1.807, 2.05) is 39.0 Å². The molecule has 0 aromatic carbocycles. The van der Waals surface area contributed by atoms with E-state index in [1.54, 1.807) is 17.9 Å². The number of hydrogen-bond donors (Lipinski definition) is 1. The quantitative estimate of drug-likeness (QED) is 0.458. The molecular formula is C26H37N7O3. The number of likely N-dealkylation sites (N-methyl/N-ethyl adjacent to an activating group) is 1. The minimum atomic E-state index is -0.0924. The minimum Gasteiger partial charge on any atom is -0.458 e. The molecule has 0 aliphatic carbocycles. The molecule has 194 valence electrons. The van der Waals surface area contributed by atoms with Crippen molar-refractivity contribution in [1.29, 1.82) is 0 Å². The summed E-state index contributed by atoms with van der Waals surface area (Å²) in [6.45, 7) is 10.7. The maximum atomic E-state index is 12.9. The molecule has 3 aromatic heterocycles. The summed E-state index contributed by atoms with van der Waals surface area (Å²) in [6, 6.07) is 7.43. The van der Waals surface area contributed by atoms with Crippen molar-refractivity contribution in [2.75, 3.05) is 58.8 Å². The maximum Gasteiger partial charge on any atom is 0.239 e. The number of piperidine rings is 1. The van der Waals surface area contributed by atoms with E-state index in [2.05, 4.69) is 37.2 Å². The van der Waals surface area contributed by atoms with E-state index in [9.17, 15) is 4.79 Å². The highest BCUT2D eigenvalue weighted by Gasteiger charge is 2.22. The summed E-state index contributed by atoms with van der Waals surface area (Å²) in [7, 11) is 3.87. The number of hydrogen-bond acceptors (Lipinski definition) is 8. The maximum absolute atomic E-state index is 12.9. The number of nitrogens with one attached hydrogen (secondary N) is 1. The fourth-order valence-corrected chi connectivity index (χ4v) is 4.62. The third kappa shape index (κ3) is 6.77. The highest BCUT2D eigenvalue weighted by atomic mass is 16.5. The van der Waals surface area contributed by atoms with Crippen molar-refractivity contribution in [1.82, 2.24) is 29.5 Å². The van der Waals surface area contributed by atoms with Gasteiger partial charge in [0.05, 0.1) is 18.8 Å². The average molecular weight is 496 g/mol. The first kappa shape index (κ1) is 26.0. The highest BCUT2D eigenvalue weighted by molar-refractivity contribution is 5.91. The fraction of sp³-hybridized carbons (Fsp3) is 0.538. The van der Waals surface area contributed by atoms with Gasteiger partial charge in [-0.2, -0.15) is 5.10 Å². The molecule has 1 aliphatic heterocycles. The number of furan rings is 1. The van der Waals surface area contributed by atoms with Crippen molar-refractivity contribution in [2.24, 2.45) is 5.92 Å². The van der Waals surface area contributed by atoms with Gasteiger partial charge in [0.15, 0.2) is 17.4 Å². The van der Waals surface area contributed by atoms with Crippen LogP contribution in [-0.2, 0) is 9.53 Å². The zero-order valence-electron chi connectivity index (χ0n) is 22.0. The normalized spacial score (nSPS) is 15.1. The van der Waals surface area contributed by atoms with Gasteiger partial charge in [-0.25, -0.2) is 14.6 Å². The average Bonchev–Trinajstić information content (AvgIpc) is 3.43. The number of aromatic nitrogens is 4. The smallest absolute Gasteiger partial charge is 0.239 e. The highest BCUT2D eigenvalue weighted by Crippen LogP contribution is 2.23. The van der Waals surface area contributed by atoms with E-state index in [1.165, 1.54) is 0 Å². The molecule has 3 aromatic rings. The molecular weight excluding hydrogens is 458 g/mol. The number of ether oxygens (including phenoxy) is 1. The molecule has 4 heterocycles. The van der Waals surface area contributed by atoms with Gasteiger partial charge in [-0.1, -0.05) is 0 Å². The molecule has 10 heteroatoms. The molecule has 1 aliphatic rings. The van der Waals surface area contributed by atoms with Gasteiger partial charge in [-0.3, -0.25) is 9.69 Å². The van der Waals surface area contributed by atoms with Crippen LogP contribution in [0.1, 0.15) is 30.0 Å². The summed E-state index contributed by atoms with van der Waals surface area (Å²) < 4.78 is 12.7. The molecule has 0 bridgehead atoms. The first-order valence-electron chi connectivity index (χ1n) is 12.5. The largest absolute Gasteiger partial charge is 0.458 e. The predicted molar refractivity (Wildman–Crippen MR) is 138 cm³/mol. The zero-order chi connectivity index (χ0) is 25.7. The van der Waals surface area contributed by atoms with Crippen molar-refractivity contribution in [3.05, 3.63) is 41.4 Å². The van der Waals surface area contributed by atoms with Gasteiger partial charge < -0.3 is 19.4 Å². The van der Waals surface area contributed by atoms with Gasteiger partial charge in [0.1, 0.15) is 11.6 Å². The van der Waals surface area contributed by atoms with Crippen LogP contribution in [0.25, 0.3) is 17.4 Å². The first-order chi connectivity index (χ1) is 17.3. The van der Waals surface area contributed by atoms with E-state index in [-0.39, 0.29) is 5.91 Å². The fourth-order valence-electron chi connectivity index (χ4n) is 4.62. The minimum absolute atomic E-state index is 0.0924. The summed E-state index contributed by atoms with van der Waals surface area (Å²) in [5, 5.41) is 7.52. The molecule has 36 heavy (non-hydrogen) atoms. The number of likely N-dealkylation sites (tertiary alicyclic amines) is 1. The lowest BCUT2D eigenvalue weighted by atomic mass is 9.96. The summed E-state index contributed by atoms with van der Waals surface area (Å²) in [5.41, 5.74) is 1.83. The van der Waals surface area contributed by atoms with Crippen LogP contribution in [0, 0.1) is 26.7 Å². The number of aryl methyl sites for hydroxylation is 3. The summed E-state index contributed by atoms with van der Waals surface area (Å²) in [6.07, 6.45) is 2.17. The summed E-state index contributed by atoms with van der Waals surface area (Å²) >= 11 is 0. The monoisotopic (exact) mass is 495 g/mol. The second-order valence-corrected chi connectivity index (χ2v) is 9.71. The van der Waals surface area contributed by atoms with Crippen molar-refractivity contribution in [2.45, 2.75) is 33.6 Å². The Labute approximate surface area is 212 Å². The van der Waals surface area contributed by atoms with E-state index in [4.69, 9.17) is 9.15 Å². The number of amides is 1. The van der Waals surface area contributed by atoms with Gasteiger partial charge >= 0.3 is 0 Å². The van der Waals surface area contributed by atoms with Crippen LogP contribution in [0.2, 0.25) is 0 Å². The SMILES string of the molecule is COCCN(C)CC1CCN(CC(=O)Nc2cc(-n3nc(C)cc3C)nc(-c3ccc(C)o3)n2)CC1. The topological polar surface area (TPSA) is 102 Å². The van der Waals surface area contributed by atoms with E-state index in [0.717, 1.165) is 62.8 Å². The lowest BCUT2D eigenvalue weighted by Crippen LogP contribution is -2.41. The Morgan fingerprint density at radius 3 is 2.61 bits per heavy atom. The Morgan fingerprint density at radius 1 is 1.19 bits per heavy atom. The number of carbonyl (C=O) groups is 1. The van der Waals surface area contributed by atoms with Crippen molar-refractivity contribution >= 4 is 11.7 Å². The molecule has 4 rings (SSSR count). The van der Waals surface area contributed by atoms with Gasteiger partial charge in [-0.15, -0.1) is 0 Å². The van der Waals surface area contributed by atoms with E-state index < -0.39 is 0 Å².